The van der Waals surface area contributed by atoms with E-state index in [1.807, 2.05) is 13.0 Å². The van der Waals surface area contributed by atoms with Gasteiger partial charge < -0.3 is 20.5 Å². The van der Waals surface area contributed by atoms with Gasteiger partial charge in [0.05, 0.1) is 0 Å². The third-order valence-corrected chi connectivity index (χ3v) is 5.29. The minimum Gasteiger partial charge on any atom is -0.454 e. The molecule has 25 heavy (non-hydrogen) atoms. The number of hydrogen-bond acceptors (Lipinski definition) is 7. The second kappa shape index (κ2) is 6.07. The molecule has 3 N–H and O–H groups in total. The lowest BCUT2D eigenvalue weighted by atomic mass is 10.0. The number of nitrogen functional groups attached to an aromatic ring is 1. The Bertz CT molecular complexity index is 869. The second-order valence-corrected chi connectivity index (χ2v) is 7.41. The SMILES string of the molecule is Cc1cc2c(cc1C(=O)c1sc(NC(C)CC3C=C3)nc1N)OCO2. The molecule has 2 heterocycles. The van der Waals surface area contributed by atoms with Gasteiger partial charge in [-0.3, -0.25) is 4.79 Å². The van der Waals surface area contributed by atoms with Crippen LogP contribution in [0.15, 0.2) is 24.3 Å². The maximum atomic E-state index is 12.9. The number of aryl methyl sites for hydroxylation is 1. The first-order valence-electron chi connectivity index (χ1n) is 8.17. The number of benzene rings is 1. The predicted molar refractivity (Wildman–Crippen MR) is 97.6 cm³/mol. The highest BCUT2D eigenvalue weighted by atomic mass is 32.1. The van der Waals surface area contributed by atoms with Crippen molar-refractivity contribution in [3.63, 3.8) is 0 Å². The first kappa shape index (κ1) is 16.0. The molecule has 1 aliphatic heterocycles. The Hall–Kier alpha value is -2.54. The number of nitrogens with two attached hydrogens (primary N) is 1. The number of rotatable bonds is 6. The number of fused-ring (bicyclic) bond motifs is 1. The number of thiazole rings is 1. The lowest BCUT2D eigenvalue weighted by Crippen LogP contribution is -2.15. The summed E-state index contributed by atoms with van der Waals surface area (Å²) in [6, 6.07) is 3.80. The number of anilines is 2. The maximum absolute atomic E-state index is 12.9. The van der Waals surface area contributed by atoms with Gasteiger partial charge in [-0.15, -0.1) is 0 Å². The van der Waals surface area contributed by atoms with Gasteiger partial charge in [-0.1, -0.05) is 23.5 Å². The molecule has 0 bridgehead atoms. The molecule has 1 aliphatic carbocycles. The van der Waals surface area contributed by atoms with Crippen molar-refractivity contribution in [1.29, 1.82) is 0 Å². The Morgan fingerprint density at radius 3 is 2.84 bits per heavy atom. The van der Waals surface area contributed by atoms with Crippen LogP contribution in [0.5, 0.6) is 11.5 Å². The second-order valence-electron chi connectivity index (χ2n) is 6.41. The molecule has 4 rings (SSSR count). The molecule has 0 amide bonds. The third kappa shape index (κ3) is 3.19. The van der Waals surface area contributed by atoms with Crippen LogP contribution in [0.25, 0.3) is 0 Å². The van der Waals surface area contributed by atoms with E-state index in [0.29, 0.717) is 33.0 Å². The normalized spacial score (nSPS) is 16.1. The summed E-state index contributed by atoms with van der Waals surface area (Å²) in [7, 11) is 0. The fourth-order valence-corrected chi connectivity index (χ4v) is 3.83. The quantitative estimate of drug-likeness (QED) is 0.609. The highest BCUT2D eigenvalue weighted by Gasteiger charge is 2.24. The van der Waals surface area contributed by atoms with E-state index in [4.69, 9.17) is 15.2 Å². The standard InChI is InChI=1S/C18H19N3O3S/c1-9-5-13-14(24-8-23-13)7-12(9)15(22)16-17(19)21-18(25-16)20-10(2)6-11-3-4-11/h3-5,7,10-11H,6,8,19H2,1-2H3,(H,20,21). The van der Waals surface area contributed by atoms with Gasteiger partial charge in [0, 0.05) is 11.6 Å². The topological polar surface area (TPSA) is 86.5 Å². The monoisotopic (exact) mass is 357 g/mol. The number of aromatic nitrogens is 1. The van der Waals surface area contributed by atoms with Crippen LogP contribution in [0.1, 0.15) is 34.1 Å². The molecule has 1 atom stereocenters. The molecule has 0 saturated carbocycles. The summed E-state index contributed by atoms with van der Waals surface area (Å²) in [5.41, 5.74) is 7.38. The molecule has 2 aromatic rings. The Morgan fingerprint density at radius 1 is 1.40 bits per heavy atom. The zero-order chi connectivity index (χ0) is 17.6. The lowest BCUT2D eigenvalue weighted by Gasteiger charge is -2.11. The van der Waals surface area contributed by atoms with Crippen LogP contribution >= 0.6 is 11.3 Å². The average molecular weight is 357 g/mol. The molecule has 6 nitrogen and oxygen atoms in total. The van der Waals surface area contributed by atoms with Crippen molar-refractivity contribution in [1.82, 2.24) is 4.98 Å². The molecular formula is C18H19N3O3S. The van der Waals surface area contributed by atoms with Gasteiger partial charge in [-0.25, -0.2) is 4.98 Å². The summed E-state index contributed by atoms with van der Waals surface area (Å²) in [5.74, 6) is 1.94. The summed E-state index contributed by atoms with van der Waals surface area (Å²) >= 11 is 1.29. The highest BCUT2D eigenvalue weighted by molar-refractivity contribution is 7.18. The highest BCUT2D eigenvalue weighted by Crippen LogP contribution is 2.37. The first-order valence-corrected chi connectivity index (χ1v) is 8.99. The number of carbonyl (C=O) groups excluding carboxylic acids is 1. The number of ketones is 1. The summed E-state index contributed by atoms with van der Waals surface area (Å²) in [6.45, 7) is 4.15. The van der Waals surface area contributed by atoms with E-state index >= 15 is 0 Å². The van der Waals surface area contributed by atoms with Crippen LogP contribution in [-0.2, 0) is 0 Å². The number of nitrogens with one attached hydrogen (secondary N) is 1. The van der Waals surface area contributed by atoms with E-state index < -0.39 is 0 Å². The summed E-state index contributed by atoms with van der Waals surface area (Å²) in [5, 5.41) is 4.00. The largest absolute Gasteiger partial charge is 0.454 e. The molecule has 7 heteroatoms. The Balaban J connectivity index is 1.56. The van der Waals surface area contributed by atoms with E-state index in [2.05, 4.69) is 29.4 Å². The molecule has 130 valence electrons. The van der Waals surface area contributed by atoms with Gasteiger partial charge in [-0.2, -0.15) is 0 Å². The first-order chi connectivity index (χ1) is 12.0. The van der Waals surface area contributed by atoms with Gasteiger partial charge in [0.15, 0.2) is 16.6 Å². The number of allylic oxidation sites excluding steroid dienone is 2. The summed E-state index contributed by atoms with van der Waals surface area (Å²) in [4.78, 5) is 17.7. The van der Waals surface area contributed by atoms with Crippen molar-refractivity contribution in [3.8, 4) is 11.5 Å². The van der Waals surface area contributed by atoms with Gasteiger partial charge in [-0.05, 0) is 43.9 Å². The summed E-state index contributed by atoms with van der Waals surface area (Å²) in [6.07, 6.45) is 5.36. The minimum absolute atomic E-state index is 0.143. The van der Waals surface area contributed by atoms with E-state index in [-0.39, 0.29) is 24.4 Å². The molecule has 1 aromatic heterocycles. The Morgan fingerprint density at radius 2 is 2.12 bits per heavy atom. The fraction of sp³-hybridized carbons (Fsp3) is 0.333. The Kier molecular flexibility index (Phi) is 3.88. The van der Waals surface area contributed by atoms with Crippen molar-refractivity contribution in [2.75, 3.05) is 17.8 Å². The molecule has 0 fully saturated rings. The van der Waals surface area contributed by atoms with Crippen LogP contribution in [-0.4, -0.2) is 23.6 Å². The average Bonchev–Trinajstić information content (AvgIpc) is 3.12. The predicted octanol–water partition coefficient (Wildman–Crippen LogP) is 3.37. The van der Waals surface area contributed by atoms with Crippen molar-refractivity contribution < 1.29 is 14.3 Å². The minimum atomic E-state index is -0.143. The smallest absolute Gasteiger partial charge is 0.231 e. The zero-order valence-corrected chi connectivity index (χ0v) is 14.9. The number of nitrogens with zero attached hydrogens (tertiary/aromatic N) is 1. The van der Waals surface area contributed by atoms with Crippen LogP contribution < -0.4 is 20.5 Å². The number of carbonyl (C=O) groups is 1. The van der Waals surface area contributed by atoms with Crippen LogP contribution in [0.2, 0.25) is 0 Å². The van der Waals surface area contributed by atoms with E-state index in [1.54, 1.807) is 6.07 Å². The van der Waals surface area contributed by atoms with Gasteiger partial charge in [0.1, 0.15) is 10.7 Å². The lowest BCUT2D eigenvalue weighted by molar-refractivity contribution is 0.104. The van der Waals surface area contributed by atoms with Crippen LogP contribution in [0, 0.1) is 12.8 Å². The van der Waals surface area contributed by atoms with E-state index in [1.165, 1.54) is 11.3 Å². The van der Waals surface area contributed by atoms with Crippen molar-refractivity contribution in [2.24, 2.45) is 5.92 Å². The van der Waals surface area contributed by atoms with E-state index in [9.17, 15) is 4.79 Å². The van der Waals surface area contributed by atoms with Gasteiger partial charge >= 0.3 is 0 Å². The zero-order valence-electron chi connectivity index (χ0n) is 14.0. The van der Waals surface area contributed by atoms with Gasteiger partial charge in [0.2, 0.25) is 12.6 Å². The molecular weight excluding hydrogens is 338 g/mol. The Labute approximate surface area is 149 Å². The molecule has 0 radical (unpaired) electrons. The molecule has 1 aromatic carbocycles. The summed E-state index contributed by atoms with van der Waals surface area (Å²) < 4.78 is 10.7. The third-order valence-electron chi connectivity index (χ3n) is 4.28. The van der Waals surface area contributed by atoms with E-state index in [0.717, 1.165) is 12.0 Å². The molecule has 0 spiro atoms. The molecule has 0 saturated heterocycles. The van der Waals surface area contributed by atoms with Crippen molar-refractivity contribution >= 4 is 28.1 Å². The fourth-order valence-electron chi connectivity index (χ4n) is 2.88. The van der Waals surface area contributed by atoms with Crippen molar-refractivity contribution in [2.45, 2.75) is 26.3 Å². The van der Waals surface area contributed by atoms with Crippen LogP contribution in [0.4, 0.5) is 10.9 Å². The maximum Gasteiger partial charge on any atom is 0.231 e. The molecule has 2 aliphatic rings. The van der Waals surface area contributed by atoms with Gasteiger partial charge in [0.25, 0.3) is 0 Å². The number of hydrogen-bond donors (Lipinski definition) is 2. The molecule has 1 unspecified atom stereocenters. The number of ether oxygens (including phenoxy) is 2. The van der Waals surface area contributed by atoms with Crippen LogP contribution in [0.3, 0.4) is 0 Å². The van der Waals surface area contributed by atoms with Crippen molar-refractivity contribution in [3.05, 3.63) is 40.3 Å².